The lowest BCUT2D eigenvalue weighted by molar-refractivity contribution is -0.130. The summed E-state index contributed by atoms with van der Waals surface area (Å²) in [5.74, 6) is 1.19. The molecule has 3 unspecified atom stereocenters. The molecule has 3 amide bonds. The van der Waals surface area contributed by atoms with Crippen molar-refractivity contribution in [2.24, 2.45) is 11.8 Å². The van der Waals surface area contributed by atoms with Gasteiger partial charge in [0.1, 0.15) is 6.54 Å². The summed E-state index contributed by atoms with van der Waals surface area (Å²) in [6.07, 6.45) is 8.39. The number of ether oxygens (including phenoxy) is 2. The lowest BCUT2D eigenvalue weighted by Crippen LogP contribution is -2.41. The van der Waals surface area contributed by atoms with Gasteiger partial charge in [-0.25, -0.2) is 0 Å². The minimum absolute atomic E-state index is 0.0180. The number of amides is 3. The molecular weight excluding hydrogens is 759 g/mol. The van der Waals surface area contributed by atoms with Crippen LogP contribution in [0.5, 0.6) is 0 Å². The average molecular weight is 838 g/mol. The largest absolute Gasteiger partial charge is 0.380 e. The van der Waals surface area contributed by atoms with Gasteiger partial charge in [0, 0.05) is 50.8 Å². The van der Waals surface area contributed by atoms with E-state index in [0.29, 0.717) is 82.3 Å². The molecule has 4 rings (SSSR count). The number of nitrogens with zero attached hydrogens (tertiary/aromatic N) is 7. The molecule has 0 bridgehead atoms. The van der Waals surface area contributed by atoms with E-state index >= 15 is 0 Å². The van der Waals surface area contributed by atoms with Crippen molar-refractivity contribution in [3.63, 3.8) is 0 Å². The summed E-state index contributed by atoms with van der Waals surface area (Å²) < 4.78 is 10.4. The van der Waals surface area contributed by atoms with E-state index in [0.717, 1.165) is 36.8 Å². The maximum Gasteiger partial charge on any atom is 0.254 e. The van der Waals surface area contributed by atoms with Crippen LogP contribution in [0.2, 0.25) is 0 Å². The van der Waals surface area contributed by atoms with Crippen LogP contribution < -0.4 is 5.32 Å². The second kappa shape index (κ2) is 33.3. The normalized spacial score (nSPS) is 16.9. The standard InChI is InChI=1S/C31H44N8O3.C6H13NO2.C5H10.2C2H6/c1-5-6-21(2)7-8-24-19-25(31(41)38-15-17-42-18-16-38)9-10-26(24)27(30-34-36-37-35-30)11-13-33-20-28(40)39(14-12-32)29-22(3)23(29)4;1-3-9-5-4-7(2)6-8;1-4-5(2)3;2*1-2/h6,9-10,19,22-23,27,29,33H,5,7-8,11,13-18,20H2,1-4H3,(H,34,35,36,37);6H,3-5H2,1-2H3;4H,1-3H3;2*1-2H3/b21-6+;;;;/t22-,23?,27?,29?;;;;/m0..../s1. The van der Waals surface area contributed by atoms with Crippen molar-refractivity contribution in [1.82, 2.24) is 40.6 Å². The van der Waals surface area contributed by atoms with Gasteiger partial charge in [0.2, 0.25) is 12.3 Å². The van der Waals surface area contributed by atoms with E-state index < -0.39 is 0 Å². The third-order valence-corrected chi connectivity index (χ3v) is 10.2. The number of nitrogens with one attached hydrogen (secondary N) is 2. The van der Waals surface area contributed by atoms with Crippen LogP contribution in [0.1, 0.15) is 136 Å². The monoisotopic (exact) mass is 838 g/mol. The Hall–Kier alpha value is -4.45. The highest BCUT2D eigenvalue weighted by molar-refractivity contribution is 5.94. The van der Waals surface area contributed by atoms with Gasteiger partial charge in [-0.2, -0.15) is 10.5 Å². The zero-order chi connectivity index (χ0) is 45.5. The van der Waals surface area contributed by atoms with E-state index in [1.165, 1.54) is 11.1 Å². The van der Waals surface area contributed by atoms with Crippen molar-refractivity contribution in [1.29, 1.82) is 5.26 Å². The maximum atomic E-state index is 13.3. The third-order valence-electron chi connectivity index (χ3n) is 10.2. The second-order valence-electron chi connectivity index (χ2n) is 14.6. The number of aryl methyl sites for hydroxylation is 1. The molecule has 0 spiro atoms. The van der Waals surface area contributed by atoms with Gasteiger partial charge in [-0.15, -0.1) is 10.2 Å². The summed E-state index contributed by atoms with van der Waals surface area (Å²) in [5.41, 5.74) is 5.50. The maximum absolute atomic E-state index is 13.3. The van der Waals surface area contributed by atoms with E-state index in [4.69, 9.17) is 9.47 Å². The molecular formula is C46H79N9O5. The zero-order valence-electron chi connectivity index (χ0n) is 39.3. The SMILES string of the molecule is CC.CC.CC/C=C(\C)CCc1cc(C(=O)N2CCOCC2)ccc1C(CCNCC(=O)N(CC#N)C1C(C)[C@@H]1C)c1nn[nH]n1.CC=C(C)C.CCOCCN(C)C=O. The first-order valence-corrected chi connectivity index (χ1v) is 22.0. The molecule has 1 aliphatic heterocycles. The molecule has 1 aromatic carbocycles. The highest BCUT2D eigenvalue weighted by Crippen LogP contribution is 2.42. The van der Waals surface area contributed by atoms with Crippen molar-refractivity contribution >= 4 is 18.2 Å². The number of carbonyl (C=O) groups is 3. The Morgan fingerprint density at radius 3 is 2.28 bits per heavy atom. The molecule has 1 saturated heterocycles. The molecule has 0 radical (unpaired) electrons. The first kappa shape index (κ1) is 55.5. The third kappa shape index (κ3) is 20.7. The van der Waals surface area contributed by atoms with Gasteiger partial charge in [0.15, 0.2) is 5.82 Å². The van der Waals surface area contributed by atoms with Gasteiger partial charge in [-0.05, 0) is 102 Å². The van der Waals surface area contributed by atoms with Crippen molar-refractivity contribution in [2.45, 2.75) is 121 Å². The number of aromatic nitrogens is 4. The molecule has 2 aromatic rings. The van der Waals surface area contributed by atoms with Gasteiger partial charge >= 0.3 is 0 Å². The average Bonchev–Trinajstić information content (AvgIpc) is 3.57. The van der Waals surface area contributed by atoms with E-state index in [-0.39, 0.29) is 36.9 Å². The van der Waals surface area contributed by atoms with Gasteiger partial charge in [0.25, 0.3) is 5.91 Å². The molecule has 4 atom stereocenters. The Balaban J connectivity index is 0.00000163. The highest BCUT2D eigenvalue weighted by atomic mass is 16.5. The summed E-state index contributed by atoms with van der Waals surface area (Å²) in [6, 6.07) is 8.22. The predicted molar refractivity (Wildman–Crippen MR) is 241 cm³/mol. The van der Waals surface area contributed by atoms with Crippen LogP contribution in [0.3, 0.4) is 0 Å². The summed E-state index contributed by atoms with van der Waals surface area (Å²) in [5, 5.41) is 27.6. The number of benzene rings is 1. The summed E-state index contributed by atoms with van der Waals surface area (Å²) >= 11 is 0. The van der Waals surface area contributed by atoms with Crippen LogP contribution in [0.25, 0.3) is 0 Å². The quantitative estimate of drug-likeness (QED) is 0.0638. The summed E-state index contributed by atoms with van der Waals surface area (Å²) in [4.78, 5) is 41.4. The van der Waals surface area contributed by atoms with Crippen LogP contribution >= 0.6 is 0 Å². The molecule has 338 valence electrons. The summed E-state index contributed by atoms with van der Waals surface area (Å²) in [7, 11) is 1.73. The fraction of sp³-hybridized carbons (Fsp3) is 0.674. The second-order valence-corrected chi connectivity index (χ2v) is 14.6. The molecule has 2 aliphatic rings. The van der Waals surface area contributed by atoms with Crippen molar-refractivity contribution in [2.75, 3.05) is 72.7 Å². The van der Waals surface area contributed by atoms with E-state index in [2.05, 4.69) is 85.7 Å². The Kier molecular flexibility index (Phi) is 30.8. The first-order chi connectivity index (χ1) is 28.9. The zero-order valence-corrected chi connectivity index (χ0v) is 39.3. The Morgan fingerprint density at radius 2 is 1.77 bits per heavy atom. The molecule has 14 heteroatoms. The van der Waals surface area contributed by atoms with Gasteiger partial charge in [0.05, 0.1) is 32.4 Å². The number of H-pyrrole nitrogens is 1. The summed E-state index contributed by atoms with van der Waals surface area (Å²) in [6.45, 7) is 29.8. The van der Waals surface area contributed by atoms with E-state index in [9.17, 15) is 19.6 Å². The Morgan fingerprint density at radius 1 is 1.12 bits per heavy atom. The van der Waals surface area contributed by atoms with Crippen molar-refractivity contribution < 1.29 is 23.9 Å². The molecule has 14 nitrogen and oxygen atoms in total. The predicted octanol–water partition coefficient (Wildman–Crippen LogP) is 7.22. The molecule has 1 aromatic heterocycles. The topological polar surface area (TPSA) is 170 Å². The van der Waals surface area contributed by atoms with Crippen LogP contribution in [-0.4, -0.2) is 132 Å². The number of likely N-dealkylation sites (N-methyl/N-ethyl adjacent to an activating group) is 1. The Labute approximate surface area is 362 Å². The van der Waals surface area contributed by atoms with Gasteiger partial charge in [-0.3, -0.25) is 14.4 Å². The highest BCUT2D eigenvalue weighted by Gasteiger charge is 2.48. The van der Waals surface area contributed by atoms with Crippen LogP contribution in [0.4, 0.5) is 0 Å². The first-order valence-electron chi connectivity index (χ1n) is 22.0. The lowest BCUT2D eigenvalue weighted by Gasteiger charge is -2.27. The van der Waals surface area contributed by atoms with Crippen LogP contribution in [0.15, 0.2) is 41.5 Å². The molecule has 2 heterocycles. The fourth-order valence-electron chi connectivity index (χ4n) is 6.36. The number of allylic oxidation sites excluding steroid dienone is 4. The minimum Gasteiger partial charge on any atom is -0.380 e. The molecule has 60 heavy (non-hydrogen) atoms. The number of carbonyl (C=O) groups excluding carboxylic acids is 3. The number of nitriles is 1. The van der Waals surface area contributed by atoms with Crippen molar-refractivity contribution in [3.8, 4) is 6.07 Å². The van der Waals surface area contributed by atoms with Crippen molar-refractivity contribution in [3.05, 3.63) is 64.0 Å². The molecule has 1 aliphatic carbocycles. The lowest BCUT2D eigenvalue weighted by atomic mass is 9.87. The fourth-order valence-corrected chi connectivity index (χ4v) is 6.36. The number of aromatic amines is 1. The number of morpholine rings is 1. The number of tetrazole rings is 1. The smallest absolute Gasteiger partial charge is 0.254 e. The van der Waals surface area contributed by atoms with Crippen LogP contribution in [0, 0.1) is 23.2 Å². The number of rotatable bonds is 19. The van der Waals surface area contributed by atoms with E-state index in [1.807, 2.05) is 64.6 Å². The van der Waals surface area contributed by atoms with Gasteiger partial charge < -0.3 is 29.5 Å². The number of hydrogen-bond donors (Lipinski definition) is 2. The van der Waals surface area contributed by atoms with E-state index in [1.54, 1.807) is 16.8 Å². The Bertz CT molecular complexity index is 1560. The van der Waals surface area contributed by atoms with Gasteiger partial charge in [-0.1, -0.05) is 83.0 Å². The minimum atomic E-state index is -0.178. The molecule has 2 N–H and O–H groups in total. The number of hydrogen-bond acceptors (Lipinski definition) is 10. The molecule has 1 saturated carbocycles. The van der Waals surface area contributed by atoms with Crippen LogP contribution in [-0.2, 0) is 25.5 Å². The molecule has 2 fully saturated rings.